The number of nitrogens with zero attached hydrogens (tertiary/aromatic N) is 1. The zero-order valence-electron chi connectivity index (χ0n) is 11.2. The van der Waals surface area contributed by atoms with Crippen molar-refractivity contribution in [3.8, 4) is 0 Å². The molecule has 3 heteroatoms. The first-order valence-corrected chi connectivity index (χ1v) is 6.81. The molecule has 0 radical (unpaired) electrons. The van der Waals surface area contributed by atoms with Crippen molar-refractivity contribution in [3.05, 3.63) is 12.2 Å². The van der Waals surface area contributed by atoms with Gasteiger partial charge in [0.15, 0.2) is 0 Å². The Balaban J connectivity index is 2.24. The lowest BCUT2D eigenvalue weighted by Crippen LogP contribution is -2.35. The van der Waals surface area contributed by atoms with Crippen LogP contribution in [0, 0.1) is 5.92 Å². The van der Waals surface area contributed by atoms with Crippen LogP contribution in [-0.4, -0.2) is 37.1 Å². The molecule has 1 atom stereocenters. The summed E-state index contributed by atoms with van der Waals surface area (Å²) in [5.74, 6) is 0.624. The maximum absolute atomic E-state index is 11.1. The van der Waals surface area contributed by atoms with Gasteiger partial charge in [-0.05, 0) is 38.6 Å². The molecular formula is C14H25NO2. The number of hydrogen-bond donors (Lipinski definition) is 0. The van der Waals surface area contributed by atoms with Gasteiger partial charge in [0.25, 0.3) is 0 Å². The van der Waals surface area contributed by atoms with Crippen LogP contribution in [0.5, 0.6) is 0 Å². The summed E-state index contributed by atoms with van der Waals surface area (Å²) in [5, 5.41) is 0. The maximum atomic E-state index is 11.1. The Morgan fingerprint density at radius 2 is 2.29 bits per heavy atom. The molecule has 0 bridgehead atoms. The normalized spacial score (nSPS) is 21.9. The van der Waals surface area contributed by atoms with Crippen LogP contribution in [0.3, 0.4) is 0 Å². The van der Waals surface area contributed by atoms with E-state index in [0.717, 1.165) is 19.0 Å². The Labute approximate surface area is 105 Å². The molecule has 3 nitrogen and oxygen atoms in total. The lowest BCUT2D eigenvalue weighted by Gasteiger charge is -2.31. The Morgan fingerprint density at radius 3 is 3.00 bits per heavy atom. The second kappa shape index (κ2) is 8.29. The molecule has 98 valence electrons. The van der Waals surface area contributed by atoms with Crippen LogP contribution in [-0.2, 0) is 9.53 Å². The molecular weight excluding hydrogens is 214 g/mol. The monoisotopic (exact) mass is 239 g/mol. The highest BCUT2D eigenvalue weighted by atomic mass is 16.5. The van der Waals surface area contributed by atoms with Crippen LogP contribution in [0.15, 0.2) is 12.2 Å². The molecule has 1 heterocycles. The Kier molecular flexibility index (Phi) is 6.94. The summed E-state index contributed by atoms with van der Waals surface area (Å²) in [6, 6.07) is 0. The summed E-state index contributed by atoms with van der Waals surface area (Å²) in [6.07, 6.45) is 8.73. The average molecular weight is 239 g/mol. The first kappa shape index (κ1) is 14.2. The molecule has 0 aromatic rings. The van der Waals surface area contributed by atoms with E-state index in [4.69, 9.17) is 4.74 Å². The standard InChI is InChI=1S/C14H25NO2/c1-3-7-13-8-5-10-15(12-13)11-6-9-14(16)17-4-2/h6,9,13H,3-5,7-8,10-12H2,1-2H3. The largest absolute Gasteiger partial charge is 0.463 e. The Hall–Kier alpha value is -0.830. The predicted octanol–water partition coefficient (Wildman–Crippen LogP) is 2.62. The number of likely N-dealkylation sites (tertiary alicyclic amines) is 1. The maximum Gasteiger partial charge on any atom is 0.330 e. The van der Waals surface area contributed by atoms with Crippen molar-refractivity contribution in [3.63, 3.8) is 0 Å². The fourth-order valence-electron chi connectivity index (χ4n) is 2.45. The fraction of sp³-hybridized carbons (Fsp3) is 0.786. The van der Waals surface area contributed by atoms with Gasteiger partial charge in [-0.3, -0.25) is 4.90 Å². The molecule has 0 aliphatic carbocycles. The van der Waals surface area contributed by atoms with Crippen LogP contribution in [0.2, 0.25) is 0 Å². The molecule has 1 unspecified atom stereocenters. The molecule has 1 rings (SSSR count). The lowest BCUT2D eigenvalue weighted by atomic mass is 9.94. The van der Waals surface area contributed by atoms with Crippen LogP contribution in [0.4, 0.5) is 0 Å². The molecule has 1 aliphatic heterocycles. The summed E-state index contributed by atoms with van der Waals surface area (Å²) < 4.78 is 4.85. The zero-order valence-corrected chi connectivity index (χ0v) is 11.2. The third-order valence-electron chi connectivity index (χ3n) is 3.20. The summed E-state index contributed by atoms with van der Waals surface area (Å²) in [6.45, 7) is 7.74. The molecule has 0 amide bonds. The van der Waals surface area contributed by atoms with Crippen molar-refractivity contribution >= 4 is 5.97 Å². The van der Waals surface area contributed by atoms with Crippen molar-refractivity contribution in [2.45, 2.75) is 39.5 Å². The van der Waals surface area contributed by atoms with Crippen molar-refractivity contribution in [2.24, 2.45) is 5.92 Å². The van der Waals surface area contributed by atoms with E-state index < -0.39 is 0 Å². The third kappa shape index (κ3) is 5.87. The molecule has 17 heavy (non-hydrogen) atoms. The number of rotatable bonds is 6. The van der Waals surface area contributed by atoms with E-state index in [1.807, 2.05) is 13.0 Å². The average Bonchev–Trinajstić information content (AvgIpc) is 2.30. The molecule has 0 spiro atoms. The van der Waals surface area contributed by atoms with E-state index in [9.17, 15) is 4.79 Å². The molecule has 1 saturated heterocycles. The first-order chi connectivity index (χ1) is 8.26. The molecule has 0 saturated carbocycles. The number of carbonyl (C=O) groups excluding carboxylic acids is 1. The number of piperidine rings is 1. The minimum absolute atomic E-state index is 0.227. The van der Waals surface area contributed by atoms with E-state index in [0.29, 0.717) is 6.61 Å². The van der Waals surface area contributed by atoms with Crippen LogP contribution >= 0.6 is 0 Å². The van der Waals surface area contributed by atoms with Gasteiger partial charge >= 0.3 is 5.97 Å². The zero-order chi connectivity index (χ0) is 12.5. The number of ether oxygens (including phenoxy) is 1. The molecule has 0 aromatic carbocycles. The lowest BCUT2D eigenvalue weighted by molar-refractivity contribution is -0.137. The van der Waals surface area contributed by atoms with Gasteiger partial charge in [0, 0.05) is 19.2 Å². The highest BCUT2D eigenvalue weighted by molar-refractivity contribution is 5.81. The van der Waals surface area contributed by atoms with E-state index in [2.05, 4.69) is 11.8 Å². The van der Waals surface area contributed by atoms with Gasteiger partial charge in [0.2, 0.25) is 0 Å². The summed E-state index contributed by atoms with van der Waals surface area (Å²) in [4.78, 5) is 13.6. The highest BCUT2D eigenvalue weighted by Gasteiger charge is 2.17. The van der Waals surface area contributed by atoms with Gasteiger partial charge < -0.3 is 4.74 Å². The predicted molar refractivity (Wildman–Crippen MR) is 69.8 cm³/mol. The smallest absolute Gasteiger partial charge is 0.330 e. The SMILES string of the molecule is CCCC1CCCN(CC=CC(=O)OCC)C1. The quantitative estimate of drug-likeness (QED) is 0.527. The van der Waals surface area contributed by atoms with Crippen molar-refractivity contribution < 1.29 is 9.53 Å². The van der Waals surface area contributed by atoms with Gasteiger partial charge in [-0.15, -0.1) is 0 Å². The number of esters is 1. The van der Waals surface area contributed by atoms with Gasteiger partial charge in [-0.1, -0.05) is 19.4 Å². The van der Waals surface area contributed by atoms with Crippen molar-refractivity contribution in [1.82, 2.24) is 4.90 Å². The van der Waals surface area contributed by atoms with E-state index in [-0.39, 0.29) is 5.97 Å². The van der Waals surface area contributed by atoms with E-state index in [1.54, 1.807) is 6.08 Å². The van der Waals surface area contributed by atoms with Crippen LogP contribution in [0.1, 0.15) is 39.5 Å². The minimum Gasteiger partial charge on any atom is -0.463 e. The van der Waals surface area contributed by atoms with Gasteiger partial charge in [0.1, 0.15) is 0 Å². The van der Waals surface area contributed by atoms with Gasteiger partial charge in [-0.2, -0.15) is 0 Å². The number of carbonyl (C=O) groups is 1. The van der Waals surface area contributed by atoms with Crippen LogP contribution in [0.25, 0.3) is 0 Å². The van der Waals surface area contributed by atoms with E-state index >= 15 is 0 Å². The second-order valence-corrected chi connectivity index (χ2v) is 4.71. The molecule has 1 aliphatic rings. The van der Waals surface area contributed by atoms with Crippen molar-refractivity contribution in [1.29, 1.82) is 0 Å². The molecule has 0 N–H and O–H groups in total. The number of hydrogen-bond acceptors (Lipinski definition) is 3. The molecule has 0 aromatic heterocycles. The van der Waals surface area contributed by atoms with Crippen molar-refractivity contribution in [2.75, 3.05) is 26.2 Å². The van der Waals surface area contributed by atoms with Gasteiger partial charge in [0.05, 0.1) is 6.61 Å². The van der Waals surface area contributed by atoms with Gasteiger partial charge in [-0.25, -0.2) is 4.79 Å². The third-order valence-corrected chi connectivity index (χ3v) is 3.20. The summed E-state index contributed by atoms with van der Waals surface area (Å²) in [5.41, 5.74) is 0. The highest BCUT2D eigenvalue weighted by Crippen LogP contribution is 2.20. The van der Waals surface area contributed by atoms with E-state index in [1.165, 1.54) is 32.2 Å². The summed E-state index contributed by atoms with van der Waals surface area (Å²) >= 11 is 0. The Bertz CT molecular complexity index is 249. The second-order valence-electron chi connectivity index (χ2n) is 4.71. The molecule has 1 fully saturated rings. The fourth-order valence-corrected chi connectivity index (χ4v) is 2.45. The topological polar surface area (TPSA) is 29.5 Å². The van der Waals surface area contributed by atoms with Crippen LogP contribution < -0.4 is 0 Å². The summed E-state index contributed by atoms with van der Waals surface area (Å²) in [7, 11) is 0. The first-order valence-electron chi connectivity index (χ1n) is 6.81. The minimum atomic E-state index is -0.227. The Morgan fingerprint density at radius 1 is 1.47 bits per heavy atom.